The van der Waals surface area contributed by atoms with Crippen LogP contribution in [0.1, 0.15) is 39.0 Å². The lowest BCUT2D eigenvalue weighted by atomic mass is 9.85. The molecule has 0 radical (unpaired) electrons. The SMILES string of the molecule is CC1CCC(N2CCOCC2CC(=O)O)CC1. The molecule has 1 saturated heterocycles. The molecule has 2 fully saturated rings. The summed E-state index contributed by atoms with van der Waals surface area (Å²) in [6, 6.07) is 0.666. The minimum atomic E-state index is -0.713. The second-order valence-corrected chi connectivity index (χ2v) is 5.48. The van der Waals surface area contributed by atoms with Crippen LogP contribution in [-0.4, -0.2) is 47.8 Å². The number of morpholine rings is 1. The first-order chi connectivity index (χ1) is 8.16. The Kier molecular flexibility index (Phi) is 4.40. The van der Waals surface area contributed by atoms with Crippen LogP contribution < -0.4 is 0 Å². The average Bonchev–Trinajstić information content (AvgIpc) is 2.30. The van der Waals surface area contributed by atoms with E-state index in [0.29, 0.717) is 12.6 Å². The average molecular weight is 241 g/mol. The zero-order chi connectivity index (χ0) is 12.3. The van der Waals surface area contributed by atoms with Gasteiger partial charge in [-0.15, -0.1) is 0 Å². The van der Waals surface area contributed by atoms with Crippen molar-refractivity contribution in [2.75, 3.05) is 19.8 Å². The maximum absolute atomic E-state index is 10.9. The van der Waals surface area contributed by atoms with Gasteiger partial charge in [-0.2, -0.15) is 0 Å². The highest BCUT2D eigenvalue weighted by molar-refractivity contribution is 5.67. The molecule has 0 bridgehead atoms. The number of carbonyl (C=O) groups is 1. The van der Waals surface area contributed by atoms with Gasteiger partial charge in [0, 0.05) is 18.6 Å². The Bertz CT molecular complexity index is 261. The van der Waals surface area contributed by atoms with Gasteiger partial charge in [-0.05, 0) is 31.6 Å². The van der Waals surface area contributed by atoms with E-state index < -0.39 is 5.97 Å². The van der Waals surface area contributed by atoms with Crippen molar-refractivity contribution in [2.24, 2.45) is 5.92 Å². The zero-order valence-corrected chi connectivity index (χ0v) is 10.6. The molecule has 2 aliphatic rings. The molecular weight excluding hydrogens is 218 g/mol. The van der Waals surface area contributed by atoms with Crippen molar-refractivity contribution >= 4 is 5.97 Å². The monoisotopic (exact) mass is 241 g/mol. The van der Waals surface area contributed by atoms with E-state index in [1.165, 1.54) is 25.7 Å². The van der Waals surface area contributed by atoms with E-state index >= 15 is 0 Å². The van der Waals surface area contributed by atoms with Crippen LogP contribution in [0.5, 0.6) is 0 Å². The van der Waals surface area contributed by atoms with Gasteiger partial charge in [0.2, 0.25) is 0 Å². The summed E-state index contributed by atoms with van der Waals surface area (Å²) in [4.78, 5) is 13.3. The Hall–Kier alpha value is -0.610. The number of carboxylic acids is 1. The van der Waals surface area contributed by atoms with Crippen LogP contribution in [0.25, 0.3) is 0 Å². The van der Waals surface area contributed by atoms with E-state index in [1.807, 2.05) is 0 Å². The van der Waals surface area contributed by atoms with Crippen LogP contribution in [0.15, 0.2) is 0 Å². The number of rotatable bonds is 3. The van der Waals surface area contributed by atoms with Crippen molar-refractivity contribution in [3.8, 4) is 0 Å². The molecule has 1 N–H and O–H groups in total. The van der Waals surface area contributed by atoms with Gasteiger partial charge in [-0.25, -0.2) is 0 Å². The summed E-state index contributed by atoms with van der Waals surface area (Å²) in [7, 11) is 0. The largest absolute Gasteiger partial charge is 0.481 e. The number of hydrogen-bond acceptors (Lipinski definition) is 3. The quantitative estimate of drug-likeness (QED) is 0.817. The first-order valence-corrected chi connectivity index (χ1v) is 6.72. The normalized spacial score (nSPS) is 35.7. The van der Waals surface area contributed by atoms with Crippen molar-refractivity contribution in [2.45, 2.75) is 51.1 Å². The van der Waals surface area contributed by atoms with E-state index in [-0.39, 0.29) is 12.5 Å². The second kappa shape index (κ2) is 5.83. The fraction of sp³-hybridized carbons (Fsp3) is 0.923. The molecule has 1 aliphatic heterocycles. The van der Waals surface area contributed by atoms with Gasteiger partial charge in [0.05, 0.1) is 19.6 Å². The maximum Gasteiger partial charge on any atom is 0.305 e. The van der Waals surface area contributed by atoms with E-state index in [9.17, 15) is 4.79 Å². The van der Waals surface area contributed by atoms with Crippen LogP contribution in [0.2, 0.25) is 0 Å². The highest BCUT2D eigenvalue weighted by atomic mass is 16.5. The Balaban J connectivity index is 1.93. The molecule has 4 heteroatoms. The van der Waals surface area contributed by atoms with Crippen molar-refractivity contribution in [3.05, 3.63) is 0 Å². The van der Waals surface area contributed by atoms with E-state index in [4.69, 9.17) is 9.84 Å². The second-order valence-electron chi connectivity index (χ2n) is 5.48. The minimum absolute atomic E-state index is 0.0830. The molecule has 17 heavy (non-hydrogen) atoms. The smallest absolute Gasteiger partial charge is 0.305 e. The summed E-state index contributed by atoms with van der Waals surface area (Å²) in [6.07, 6.45) is 5.21. The molecule has 2 rings (SSSR count). The van der Waals surface area contributed by atoms with Crippen LogP contribution in [-0.2, 0) is 9.53 Å². The molecule has 1 heterocycles. The fourth-order valence-electron chi connectivity index (χ4n) is 3.10. The Labute approximate surface area is 103 Å². The lowest BCUT2D eigenvalue weighted by Gasteiger charge is -2.43. The third kappa shape index (κ3) is 3.42. The van der Waals surface area contributed by atoms with Crippen molar-refractivity contribution in [3.63, 3.8) is 0 Å². The van der Waals surface area contributed by atoms with E-state index in [0.717, 1.165) is 19.1 Å². The van der Waals surface area contributed by atoms with Gasteiger partial charge in [-0.3, -0.25) is 9.69 Å². The van der Waals surface area contributed by atoms with Crippen LogP contribution in [0, 0.1) is 5.92 Å². The molecule has 1 unspecified atom stereocenters. The molecule has 0 aromatic rings. The highest BCUT2D eigenvalue weighted by Crippen LogP contribution is 2.29. The van der Waals surface area contributed by atoms with Crippen LogP contribution >= 0.6 is 0 Å². The summed E-state index contributed by atoms with van der Waals surface area (Å²) < 4.78 is 5.42. The third-order valence-electron chi connectivity index (χ3n) is 4.14. The first-order valence-electron chi connectivity index (χ1n) is 6.72. The number of ether oxygens (including phenoxy) is 1. The molecule has 0 aromatic heterocycles. The van der Waals surface area contributed by atoms with Crippen molar-refractivity contribution in [1.29, 1.82) is 0 Å². The molecule has 0 amide bonds. The van der Waals surface area contributed by atoms with Gasteiger partial charge >= 0.3 is 5.97 Å². The molecule has 1 aliphatic carbocycles. The summed E-state index contributed by atoms with van der Waals surface area (Å²) in [5.41, 5.74) is 0. The van der Waals surface area contributed by atoms with Gasteiger partial charge in [-0.1, -0.05) is 6.92 Å². The Morgan fingerprint density at radius 3 is 2.71 bits per heavy atom. The lowest BCUT2D eigenvalue weighted by molar-refractivity contribution is -0.141. The van der Waals surface area contributed by atoms with E-state index in [1.54, 1.807) is 0 Å². The van der Waals surface area contributed by atoms with Gasteiger partial charge in [0.25, 0.3) is 0 Å². The predicted molar refractivity (Wildman–Crippen MR) is 65.0 cm³/mol. The number of nitrogens with zero attached hydrogens (tertiary/aromatic N) is 1. The number of carboxylic acid groups (broad SMARTS) is 1. The third-order valence-corrected chi connectivity index (χ3v) is 4.14. The van der Waals surface area contributed by atoms with Crippen molar-refractivity contribution < 1.29 is 14.6 Å². The molecule has 98 valence electrons. The number of hydrogen-bond donors (Lipinski definition) is 1. The fourth-order valence-corrected chi connectivity index (χ4v) is 3.10. The first kappa shape index (κ1) is 12.8. The minimum Gasteiger partial charge on any atom is -0.481 e. The van der Waals surface area contributed by atoms with Crippen LogP contribution in [0.4, 0.5) is 0 Å². The topological polar surface area (TPSA) is 49.8 Å². The molecule has 4 nitrogen and oxygen atoms in total. The van der Waals surface area contributed by atoms with Gasteiger partial charge in [0.1, 0.15) is 0 Å². The predicted octanol–water partition coefficient (Wildman–Crippen LogP) is 1.74. The number of aliphatic carboxylic acids is 1. The van der Waals surface area contributed by atoms with Gasteiger partial charge < -0.3 is 9.84 Å². The Morgan fingerprint density at radius 1 is 1.35 bits per heavy atom. The summed E-state index contributed by atoms with van der Waals surface area (Å²) >= 11 is 0. The standard InChI is InChI=1S/C13H23NO3/c1-10-2-4-11(5-3-10)14-6-7-17-9-12(14)8-13(15)16/h10-12H,2-9H2,1H3,(H,15,16). The van der Waals surface area contributed by atoms with E-state index in [2.05, 4.69) is 11.8 Å². The van der Waals surface area contributed by atoms with Gasteiger partial charge in [0.15, 0.2) is 0 Å². The summed E-state index contributed by atoms with van der Waals surface area (Å²) in [5.74, 6) is 0.125. The summed E-state index contributed by atoms with van der Waals surface area (Å²) in [5, 5.41) is 8.94. The lowest BCUT2D eigenvalue weighted by Crippen LogP contribution is -2.52. The molecular formula is C13H23NO3. The maximum atomic E-state index is 10.9. The summed E-state index contributed by atoms with van der Waals surface area (Å²) in [6.45, 7) is 4.54. The molecule has 0 spiro atoms. The Morgan fingerprint density at radius 2 is 2.06 bits per heavy atom. The highest BCUT2D eigenvalue weighted by Gasteiger charge is 2.32. The molecule has 0 aromatic carbocycles. The molecule has 1 saturated carbocycles. The zero-order valence-electron chi connectivity index (χ0n) is 10.6. The van der Waals surface area contributed by atoms with Crippen molar-refractivity contribution in [1.82, 2.24) is 4.90 Å². The molecule has 1 atom stereocenters. The van der Waals surface area contributed by atoms with Crippen LogP contribution in [0.3, 0.4) is 0 Å².